The monoisotopic (exact) mass is 416 g/mol. The molecule has 146 valence electrons. The Morgan fingerprint density at radius 3 is 2.67 bits per heavy atom. The molecule has 5 aromatic rings. The third-order valence-electron chi connectivity index (χ3n) is 4.41. The standard InChI is InChI=1S/C21H13FN6OS/c22-14-5-3-4-13(12-14)20(29)23-15-8-10-16(11-9-15)30-21-19-25-26-27-28(19)18-7-2-1-6-17(18)24-21/h1-12H,(H,23,29). The van der Waals surface area contributed by atoms with Gasteiger partial charge in [0.2, 0.25) is 5.65 Å². The molecule has 7 nitrogen and oxygen atoms in total. The molecule has 0 spiro atoms. The number of hydrogen-bond donors (Lipinski definition) is 1. The highest BCUT2D eigenvalue weighted by Crippen LogP contribution is 2.31. The van der Waals surface area contributed by atoms with Crippen LogP contribution in [-0.4, -0.2) is 30.9 Å². The Hall–Kier alpha value is -3.85. The highest BCUT2D eigenvalue weighted by atomic mass is 32.2. The summed E-state index contributed by atoms with van der Waals surface area (Å²) in [5.74, 6) is -0.825. The summed E-state index contributed by atoms with van der Waals surface area (Å²) in [6, 6.07) is 20.5. The van der Waals surface area contributed by atoms with Gasteiger partial charge >= 0.3 is 0 Å². The lowest BCUT2D eigenvalue weighted by Gasteiger charge is -2.08. The molecular formula is C21H13FN6OS. The van der Waals surface area contributed by atoms with Crippen LogP contribution >= 0.6 is 11.8 Å². The molecule has 0 atom stereocenters. The maximum absolute atomic E-state index is 13.3. The highest BCUT2D eigenvalue weighted by molar-refractivity contribution is 7.99. The number of nitrogens with zero attached hydrogens (tertiary/aromatic N) is 5. The van der Waals surface area contributed by atoms with Gasteiger partial charge in [0.05, 0.1) is 11.0 Å². The average Bonchev–Trinajstić information content (AvgIpc) is 3.26. The largest absolute Gasteiger partial charge is 0.322 e. The van der Waals surface area contributed by atoms with Gasteiger partial charge in [0.1, 0.15) is 10.8 Å². The van der Waals surface area contributed by atoms with E-state index < -0.39 is 5.82 Å². The summed E-state index contributed by atoms with van der Waals surface area (Å²) < 4.78 is 15.0. The molecule has 0 bridgehead atoms. The molecule has 0 fully saturated rings. The van der Waals surface area contributed by atoms with Crippen molar-refractivity contribution >= 4 is 40.0 Å². The van der Waals surface area contributed by atoms with E-state index in [1.807, 2.05) is 36.4 Å². The molecule has 0 aliphatic heterocycles. The predicted molar refractivity (Wildman–Crippen MR) is 111 cm³/mol. The van der Waals surface area contributed by atoms with Crippen LogP contribution in [0, 0.1) is 5.82 Å². The fraction of sp³-hybridized carbons (Fsp3) is 0. The predicted octanol–water partition coefficient (Wildman–Crippen LogP) is 4.22. The summed E-state index contributed by atoms with van der Waals surface area (Å²) in [5.41, 5.74) is 3.06. The Bertz CT molecular complexity index is 1390. The van der Waals surface area contributed by atoms with E-state index in [9.17, 15) is 9.18 Å². The topological polar surface area (TPSA) is 85.1 Å². The Morgan fingerprint density at radius 1 is 1.00 bits per heavy atom. The number of tetrazole rings is 1. The van der Waals surface area contributed by atoms with E-state index in [0.29, 0.717) is 16.4 Å². The number of amides is 1. The van der Waals surface area contributed by atoms with E-state index in [1.165, 1.54) is 30.0 Å². The van der Waals surface area contributed by atoms with Crippen LogP contribution in [0.15, 0.2) is 82.7 Å². The molecule has 3 aromatic carbocycles. The van der Waals surface area contributed by atoms with Crippen LogP contribution in [0.1, 0.15) is 10.4 Å². The fourth-order valence-electron chi connectivity index (χ4n) is 3.00. The van der Waals surface area contributed by atoms with Crippen molar-refractivity contribution in [1.29, 1.82) is 0 Å². The quantitative estimate of drug-likeness (QED) is 0.472. The zero-order chi connectivity index (χ0) is 20.5. The van der Waals surface area contributed by atoms with Crippen molar-refractivity contribution in [3.63, 3.8) is 0 Å². The molecule has 30 heavy (non-hydrogen) atoms. The average molecular weight is 416 g/mol. The Kier molecular flexibility index (Phi) is 4.56. The van der Waals surface area contributed by atoms with E-state index in [-0.39, 0.29) is 11.5 Å². The number of hydrogen-bond acceptors (Lipinski definition) is 6. The van der Waals surface area contributed by atoms with E-state index in [2.05, 4.69) is 25.8 Å². The summed E-state index contributed by atoms with van der Waals surface area (Å²) >= 11 is 1.43. The fourth-order valence-corrected chi connectivity index (χ4v) is 3.86. The van der Waals surface area contributed by atoms with Gasteiger partial charge < -0.3 is 5.32 Å². The van der Waals surface area contributed by atoms with E-state index >= 15 is 0 Å². The normalized spacial score (nSPS) is 11.1. The number of nitrogens with one attached hydrogen (secondary N) is 1. The molecule has 0 aliphatic rings. The third-order valence-corrected chi connectivity index (χ3v) is 5.38. The number of carbonyl (C=O) groups is 1. The highest BCUT2D eigenvalue weighted by Gasteiger charge is 2.13. The second-order valence-electron chi connectivity index (χ2n) is 6.41. The number of rotatable bonds is 4. The van der Waals surface area contributed by atoms with Crippen molar-refractivity contribution < 1.29 is 9.18 Å². The maximum atomic E-state index is 13.3. The number of halogens is 1. The van der Waals surface area contributed by atoms with Crippen molar-refractivity contribution in [3.8, 4) is 0 Å². The number of aromatic nitrogens is 5. The van der Waals surface area contributed by atoms with E-state index in [0.717, 1.165) is 15.9 Å². The lowest BCUT2D eigenvalue weighted by molar-refractivity contribution is 0.102. The number of anilines is 1. The molecule has 1 amide bonds. The van der Waals surface area contributed by atoms with Gasteiger partial charge in [0.15, 0.2) is 0 Å². The van der Waals surface area contributed by atoms with Crippen molar-refractivity contribution in [2.24, 2.45) is 0 Å². The zero-order valence-electron chi connectivity index (χ0n) is 15.4. The molecule has 0 aliphatic carbocycles. The molecule has 0 unspecified atom stereocenters. The van der Waals surface area contributed by atoms with Gasteiger partial charge in [-0.1, -0.05) is 30.0 Å². The SMILES string of the molecule is O=C(Nc1ccc(Sc2nc3ccccc3n3nnnc23)cc1)c1cccc(F)c1. The maximum Gasteiger partial charge on any atom is 0.255 e. The first-order chi connectivity index (χ1) is 14.7. The third kappa shape index (κ3) is 3.46. The van der Waals surface area contributed by atoms with Crippen molar-refractivity contribution in [2.45, 2.75) is 9.92 Å². The molecule has 5 rings (SSSR count). The Balaban J connectivity index is 1.38. The zero-order valence-corrected chi connectivity index (χ0v) is 16.2. The van der Waals surface area contributed by atoms with Gasteiger partial charge in [-0.25, -0.2) is 9.37 Å². The van der Waals surface area contributed by atoms with Gasteiger partial charge in [0, 0.05) is 16.1 Å². The first kappa shape index (κ1) is 18.2. The Labute approximate surface area is 173 Å². The molecule has 2 heterocycles. The summed E-state index contributed by atoms with van der Waals surface area (Å²) in [7, 11) is 0. The molecule has 0 radical (unpaired) electrons. The molecule has 9 heteroatoms. The van der Waals surface area contributed by atoms with Crippen LogP contribution in [-0.2, 0) is 0 Å². The molecule has 0 saturated carbocycles. The summed E-state index contributed by atoms with van der Waals surface area (Å²) in [6.07, 6.45) is 0. The summed E-state index contributed by atoms with van der Waals surface area (Å²) in [4.78, 5) is 17.9. The minimum absolute atomic E-state index is 0.260. The van der Waals surface area contributed by atoms with Crippen LogP contribution in [0.3, 0.4) is 0 Å². The second-order valence-corrected chi connectivity index (χ2v) is 7.47. The van der Waals surface area contributed by atoms with Crippen LogP contribution in [0.5, 0.6) is 0 Å². The van der Waals surface area contributed by atoms with Crippen LogP contribution in [0.4, 0.5) is 10.1 Å². The van der Waals surface area contributed by atoms with Crippen molar-refractivity contribution in [2.75, 3.05) is 5.32 Å². The number of fused-ring (bicyclic) bond motifs is 3. The van der Waals surface area contributed by atoms with Gasteiger partial charge in [0.25, 0.3) is 5.91 Å². The van der Waals surface area contributed by atoms with Crippen molar-refractivity contribution in [1.82, 2.24) is 25.0 Å². The van der Waals surface area contributed by atoms with Gasteiger partial charge in [-0.3, -0.25) is 4.79 Å². The van der Waals surface area contributed by atoms with E-state index in [1.54, 1.807) is 22.7 Å². The first-order valence-corrected chi connectivity index (χ1v) is 9.81. The number of benzene rings is 3. The van der Waals surface area contributed by atoms with Crippen molar-refractivity contribution in [3.05, 3.63) is 84.2 Å². The Morgan fingerprint density at radius 2 is 1.83 bits per heavy atom. The number of carbonyl (C=O) groups excluding carboxylic acids is 1. The van der Waals surface area contributed by atoms with E-state index in [4.69, 9.17) is 0 Å². The first-order valence-electron chi connectivity index (χ1n) is 8.99. The van der Waals surface area contributed by atoms with Crippen LogP contribution < -0.4 is 5.32 Å². The minimum atomic E-state index is -0.452. The smallest absolute Gasteiger partial charge is 0.255 e. The lowest BCUT2D eigenvalue weighted by Crippen LogP contribution is -2.11. The van der Waals surface area contributed by atoms with Crippen LogP contribution in [0.2, 0.25) is 0 Å². The van der Waals surface area contributed by atoms with Gasteiger partial charge in [-0.15, -0.1) is 5.10 Å². The molecule has 1 N–H and O–H groups in total. The molecule has 0 saturated heterocycles. The minimum Gasteiger partial charge on any atom is -0.322 e. The summed E-state index contributed by atoms with van der Waals surface area (Å²) in [5, 5.41) is 15.4. The van der Waals surface area contributed by atoms with Gasteiger partial charge in [-0.05, 0) is 65.0 Å². The molecular weight excluding hydrogens is 403 g/mol. The number of para-hydroxylation sites is 2. The summed E-state index contributed by atoms with van der Waals surface area (Å²) in [6.45, 7) is 0. The molecule has 2 aromatic heterocycles. The lowest BCUT2D eigenvalue weighted by atomic mass is 10.2. The van der Waals surface area contributed by atoms with Gasteiger partial charge in [-0.2, -0.15) is 4.52 Å². The second kappa shape index (κ2) is 7.53. The van der Waals surface area contributed by atoms with Crippen LogP contribution in [0.25, 0.3) is 16.7 Å².